The predicted molar refractivity (Wildman–Crippen MR) is 142 cm³/mol. The monoisotopic (exact) mass is 511 g/mol. The number of anilines is 1. The number of amides is 3. The van der Waals surface area contributed by atoms with E-state index in [1.165, 1.54) is 83.5 Å². The number of halogens is 2. The van der Waals surface area contributed by atoms with Gasteiger partial charge in [-0.1, -0.05) is 103 Å². The normalized spacial score (nSPS) is 11.8. The van der Waals surface area contributed by atoms with Crippen molar-refractivity contribution in [3.63, 3.8) is 0 Å². The van der Waals surface area contributed by atoms with Gasteiger partial charge in [0.2, 0.25) is 5.91 Å². The zero-order chi connectivity index (χ0) is 26.4. The van der Waals surface area contributed by atoms with Crippen molar-refractivity contribution in [2.45, 2.75) is 116 Å². The lowest BCUT2D eigenvalue weighted by molar-refractivity contribution is -0.123. The molecule has 4 N–H and O–H groups in total. The molecular weight excluding hydrogens is 464 g/mol. The summed E-state index contributed by atoms with van der Waals surface area (Å²) < 4.78 is 26.4. The van der Waals surface area contributed by atoms with Gasteiger partial charge < -0.3 is 21.1 Å². The van der Waals surface area contributed by atoms with E-state index >= 15 is 0 Å². The van der Waals surface area contributed by atoms with Crippen molar-refractivity contribution in [2.75, 3.05) is 18.5 Å². The number of carbonyl (C=O) groups is 2. The highest BCUT2D eigenvalue weighted by Gasteiger charge is 2.19. The van der Waals surface area contributed by atoms with Gasteiger partial charge in [0.1, 0.15) is 17.7 Å². The molecule has 6 nitrogen and oxygen atoms in total. The van der Waals surface area contributed by atoms with E-state index in [2.05, 4.69) is 22.9 Å². The summed E-state index contributed by atoms with van der Waals surface area (Å²) in [5, 5.41) is 16.7. The molecule has 8 heteroatoms. The lowest BCUT2D eigenvalue weighted by Crippen LogP contribution is -2.50. The molecule has 1 aromatic carbocycles. The molecule has 1 aromatic rings. The smallest absolute Gasteiger partial charge is 0.319 e. The zero-order valence-corrected chi connectivity index (χ0v) is 22.1. The van der Waals surface area contributed by atoms with Crippen LogP contribution in [0, 0.1) is 11.6 Å². The molecule has 0 aromatic heterocycles. The van der Waals surface area contributed by atoms with E-state index in [4.69, 9.17) is 0 Å². The van der Waals surface area contributed by atoms with Gasteiger partial charge in [0.25, 0.3) is 0 Å². The Balaban J connectivity index is 1.99. The van der Waals surface area contributed by atoms with Crippen molar-refractivity contribution in [3.05, 3.63) is 29.8 Å². The quantitative estimate of drug-likeness (QED) is 0.136. The summed E-state index contributed by atoms with van der Waals surface area (Å²) in [6.45, 7) is 2.13. The predicted octanol–water partition coefficient (Wildman–Crippen LogP) is 6.82. The van der Waals surface area contributed by atoms with Gasteiger partial charge in [-0.05, 0) is 18.6 Å². The topological polar surface area (TPSA) is 90.5 Å². The summed E-state index contributed by atoms with van der Waals surface area (Å²) in [6, 6.07) is 0.606. The number of benzene rings is 1. The molecule has 0 aliphatic heterocycles. The Kier molecular flexibility index (Phi) is 18.5. The van der Waals surface area contributed by atoms with Crippen LogP contribution in [0.5, 0.6) is 0 Å². The Labute approximate surface area is 216 Å². The molecule has 0 aliphatic rings. The van der Waals surface area contributed by atoms with Crippen molar-refractivity contribution in [2.24, 2.45) is 0 Å². The summed E-state index contributed by atoms with van der Waals surface area (Å²) in [7, 11) is 0. The fourth-order valence-corrected chi connectivity index (χ4v) is 4.15. The second-order valence-corrected chi connectivity index (χ2v) is 9.59. The third-order valence-electron chi connectivity index (χ3n) is 6.25. The van der Waals surface area contributed by atoms with Gasteiger partial charge >= 0.3 is 6.03 Å². The average molecular weight is 512 g/mol. The molecule has 3 amide bonds. The Bertz CT molecular complexity index is 714. The van der Waals surface area contributed by atoms with Crippen LogP contribution in [0.1, 0.15) is 110 Å². The highest BCUT2D eigenvalue weighted by Crippen LogP contribution is 2.14. The largest absolute Gasteiger partial charge is 0.394 e. The van der Waals surface area contributed by atoms with E-state index in [1.54, 1.807) is 0 Å². The standard InChI is InChI=1S/C28H47F2N3O3/c1-2-3-4-5-6-7-8-9-10-11-12-13-14-15-16-17-18-31-27(35)26(22-34)33-28(36)32-25-20-23(29)19-24(30)21-25/h19-21,26,34H,2-18,22H2,1H3,(H,31,35)(H2,32,33,36)/t26-/m0/s1. The Morgan fingerprint density at radius 1 is 0.750 bits per heavy atom. The van der Waals surface area contributed by atoms with Crippen LogP contribution in [-0.2, 0) is 4.79 Å². The maximum absolute atomic E-state index is 13.2. The molecule has 0 aliphatic carbocycles. The van der Waals surface area contributed by atoms with Crippen LogP contribution < -0.4 is 16.0 Å². The first-order valence-corrected chi connectivity index (χ1v) is 13.9. The summed E-state index contributed by atoms with van der Waals surface area (Å²) in [4.78, 5) is 24.2. The Morgan fingerprint density at radius 2 is 1.19 bits per heavy atom. The van der Waals surface area contributed by atoms with Crippen LogP contribution in [0.15, 0.2) is 18.2 Å². The lowest BCUT2D eigenvalue weighted by atomic mass is 10.0. The third-order valence-corrected chi connectivity index (χ3v) is 6.25. The summed E-state index contributed by atoms with van der Waals surface area (Å²) in [6.07, 6.45) is 20.4. The molecule has 206 valence electrons. The molecule has 36 heavy (non-hydrogen) atoms. The summed E-state index contributed by atoms with van der Waals surface area (Å²) in [5.74, 6) is -2.17. The van der Waals surface area contributed by atoms with Gasteiger partial charge in [-0.2, -0.15) is 0 Å². The number of hydrogen-bond donors (Lipinski definition) is 4. The van der Waals surface area contributed by atoms with Gasteiger partial charge in [-0.25, -0.2) is 13.6 Å². The maximum Gasteiger partial charge on any atom is 0.319 e. The van der Waals surface area contributed by atoms with Crippen LogP contribution in [0.2, 0.25) is 0 Å². The second kappa shape index (κ2) is 20.9. The molecular formula is C28H47F2N3O3. The number of aliphatic hydroxyl groups is 1. The first-order valence-electron chi connectivity index (χ1n) is 13.9. The van der Waals surface area contributed by atoms with E-state index in [9.17, 15) is 23.5 Å². The molecule has 0 unspecified atom stereocenters. The third kappa shape index (κ3) is 16.5. The molecule has 0 saturated carbocycles. The van der Waals surface area contributed by atoms with Crippen molar-refractivity contribution in [1.29, 1.82) is 0 Å². The van der Waals surface area contributed by atoms with E-state index in [0.717, 1.165) is 31.4 Å². The van der Waals surface area contributed by atoms with Gasteiger partial charge in [-0.3, -0.25) is 4.79 Å². The minimum atomic E-state index is -1.15. The number of nitrogens with one attached hydrogen (secondary N) is 3. The van der Waals surface area contributed by atoms with Crippen LogP contribution in [0.4, 0.5) is 19.3 Å². The first kappa shape index (κ1) is 31.8. The minimum Gasteiger partial charge on any atom is -0.394 e. The minimum absolute atomic E-state index is 0.0877. The van der Waals surface area contributed by atoms with Gasteiger partial charge in [-0.15, -0.1) is 0 Å². The second-order valence-electron chi connectivity index (χ2n) is 9.59. The van der Waals surface area contributed by atoms with Gasteiger partial charge in [0, 0.05) is 18.3 Å². The number of rotatable bonds is 21. The maximum atomic E-state index is 13.2. The molecule has 1 atom stereocenters. The number of hydrogen-bond acceptors (Lipinski definition) is 3. The number of unbranched alkanes of at least 4 members (excludes halogenated alkanes) is 15. The van der Waals surface area contributed by atoms with Crippen LogP contribution >= 0.6 is 0 Å². The summed E-state index contributed by atoms with van der Waals surface area (Å²) >= 11 is 0. The molecule has 0 spiro atoms. The Morgan fingerprint density at radius 3 is 1.64 bits per heavy atom. The molecule has 1 rings (SSSR count). The van der Waals surface area contributed by atoms with Crippen LogP contribution in [-0.4, -0.2) is 36.2 Å². The molecule has 0 fully saturated rings. The molecule has 0 bridgehead atoms. The lowest BCUT2D eigenvalue weighted by Gasteiger charge is -2.16. The van der Waals surface area contributed by atoms with Gasteiger partial charge in [0.15, 0.2) is 0 Å². The van der Waals surface area contributed by atoms with Crippen LogP contribution in [0.3, 0.4) is 0 Å². The van der Waals surface area contributed by atoms with E-state index in [-0.39, 0.29) is 5.69 Å². The van der Waals surface area contributed by atoms with Crippen molar-refractivity contribution < 1.29 is 23.5 Å². The van der Waals surface area contributed by atoms with Crippen molar-refractivity contribution in [1.82, 2.24) is 10.6 Å². The highest BCUT2D eigenvalue weighted by atomic mass is 19.1. The highest BCUT2D eigenvalue weighted by molar-refractivity contribution is 5.93. The van der Waals surface area contributed by atoms with Crippen LogP contribution in [0.25, 0.3) is 0 Å². The zero-order valence-electron chi connectivity index (χ0n) is 22.1. The van der Waals surface area contributed by atoms with Crippen molar-refractivity contribution >= 4 is 17.6 Å². The number of carbonyl (C=O) groups excluding carboxylic acids is 2. The molecule has 0 radical (unpaired) electrons. The van der Waals surface area contributed by atoms with E-state index < -0.39 is 36.2 Å². The fraction of sp³-hybridized carbons (Fsp3) is 0.714. The van der Waals surface area contributed by atoms with E-state index in [0.29, 0.717) is 12.6 Å². The van der Waals surface area contributed by atoms with E-state index in [1.807, 2.05) is 0 Å². The number of urea groups is 1. The van der Waals surface area contributed by atoms with Crippen molar-refractivity contribution in [3.8, 4) is 0 Å². The average Bonchev–Trinajstić information content (AvgIpc) is 2.83. The first-order chi connectivity index (χ1) is 17.5. The number of aliphatic hydroxyl groups excluding tert-OH is 1. The molecule has 0 saturated heterocycles. The summed E-state index contributed by atoms with van der Waals surface area (Å²) in [5.41, 5.74) is -0.0877. The van der Waals surface area contributed by atoms with Gasteiger partial charge in [0.05, 0.1) is 6.61 Å². The fourth-order valence-electron chi connectivity index (χ4n) is 4.15. The SMILES string of the molecule is CCCCCCCCCCCCCCCCCCNC(=O)[C@H](CO)NC(=O)Nc1cc(F)cc(F)c1. The molecule has 0 heterocycles. The Hall–Kier alpha value is -2.22.